The second kappa shape index (κ2) is 4.92. The third-order valence-electron chi connectivity index (χ3n) is 3.94. The number of rotatable bonds is 2. The van der Waals surface area contributed by atoms with E-state index in [1.54, 1.807) is 6.20 Å². The molecule has 2 fully saturated rings. The first kappa shape index (κ1) is 11.5. The molecular formula is C13H18ClN3. The van der Waals surface area contributed by atoms with Gasteiger partial charge in [0.05, 0.1) is 5.69 Å². The minimum atomic E-state index is 0.699. The average molecular weight is 252 g/mol. The molecule has 0 amide bonds. The van der Waals surface area contributed by atoms with Gasteiger partial charge < -0.3 is 5.32 Å². The van der Waals surface area contributed by atoms with Gasteiger partial charge >= 0.3 is 0 Å². The summed E-state index contributed by atoms with van der Waals surface area (Å²) < 4.78 is 0. The highest BCUT2D eigenvalue weighted by atomic mass is 35.5. The van der Waals surface area contributed by atoms with E-state index in [1.807, 2.05) is 12.1 Å². The summed E-state index contributed by atoms with van der Waals surface area (Å²) in [6.07, 6.45) is 4.48. The smallest absolute Gasteiger partial charge is 0.0558 e. The van der Waals surface area contributed by atoms with Crippen LogP contribution in [0, 0.1) is 5.92 Å². The predicted molar refractivity (Wildman–Crippen MR) is 69.0 cm³/mol. The molecule has 3 rings (SSSR count). The van der Waals surface area contributed by atoms with Crippen LogP contribution in [-0.2, 0) is 6.54 Å². The van der Waals surface area contributed by atoms with E-state index in [2.05, 4.69) is 15.2 Å². The maximum atomic E-state index is 6.00. The molecule has 1 aromatic heterocycles. The molecule has 0 aromatic carbocycles. The Kier molecular flexibility index (Phi) is 3.32. The summed E-state index contributed by atoms with van der Waals surface area (Å²) in [6, 6.07) is 4.51. The molecule has 92 valence electrons. The summed E-state index contributed by atoms with van der Waals surface area (Å²) >= 11 is 6.00. The van der Waals surface area contributed by atoms with Crippen molar-refractivity contribution < 1.29 is 0 Å². The quantitative estimate of drug-likeness (QED) is 0.871. The van der Waals surface area contributed by atoms with Crippen LogP contribution in [0.25, 0.3) is 0 Å². The summed E-state index contributed by atoms with van der Waals surface area (Å²) in [4.78, 5) is 6.96. The number of hydrogen-bond donors (Lipinski definition) is 1. The van der Waals surface area contributed by atoms with Gasteiger partial charge in [-0.3, -0.25) is 9.88 Å². The highest BCUT2D eigenvalue weighted by Gasteiger charge is 2.34. The van der Waals surface area contributed by atoms with Crippen LogP contribution in [0.3, 0.4) is 0 Å². The van der Waals surface area contributed by atoms with E-state index in [4.69, 9.17) is 11.6 Å². The van der Waals surface area contributed by atoms with Crippen molar-refractivity contribution in [2.24, 2.45) is 5.92 Å². The Morgan fingerprint density at radius 3 is 3.29 bits per heavy atom. The minimum absolute atomic E-state index is 0.699. The molecule has 3 heterocycles. The molecule has 2 aliphatic rings. The fourth-order valence-corrected chi connectivity index (χ4v) is 3.29. The first-order valence-electron chi connectivity index (χ1n) is 6.38. The number of fused-ring (bicyclic) bond motifs is 1. The molecule has 1 aromatic rings. The van der Waals surface area contributed by atoms with Crippen LogP contribution in [0.1, 0.15) is 18.5 Å². The number of nitrogens with one attached hydrogen (secondary N) is 1. The zero-order chi connectivity index (χ0) is 11.7. The predicted octanol–water partition coefficient (Wildman–Crippen LogP) is 1.92. The van der Waals surface area contributed by atoms with Crippen molar-refractivity contribution in [1.82, 2.24) is 15.2 Å². The van der Waals surface area contributed by atoms with E-state index >= 15 is 0 Å². The maximum Gasteiger partial charge on any atom is 0.0558 e. The van der Waals surface area contributed by atoms with Gasteiger partial charge in [0.25, 0.3) is 0 Å². The number of nitrogens with zero attached hydrogens (tertiary/aromatic N) is 2. The third kappa shape index (κ3) is 2.46. The van der Waals surface area contributed by atoms with Crippen molar-refractivity contribution in [3.05, 3.63) is 29.0 Å². The van der Waals surface area contributed by atoms with E-state index in [9.17, 15) is 0 Å². The lowest BCUT2D eigenvalue weighted by Crippen LogP contribution is -2.44. The lowest BCUT2D eigenvalue weighted by atomic mass is 9.92. The zero-order valence-corrected chi connectivity index (χ0v) is 10.7. The number of pyridine rings is 1. The van der Waals surface area contributed by atoms with Crippen LogP contribution >= 0.6 is 11.6 Å². The molecule has 0 aliphatic carbocycles. The highest BCUT2D eigenvalue weighted by molar-refractivity contribution is 6.30. The van der Waals surface area contributed by atoms with E-state index in [0.29, 0.717) is 6.04 Å². The first-order chi connectivity index (χ1) is 8.33. The van der Waals surface area contributed by atoms with Crippen LogP contribution in [0.5, 0.6) is 0 Å². The van der Waals surface area contributed by atoms with Crippen LogP contribution in [0.2, 0.25) is 5.02 Å². The number of halogens is 1. The maximum absolute atomic E-state index is 6.00. The summed E-state index contributed by atoms with van der Waals surface area (Å²) in [5.41, 5.74) is 1.09. The summed E-state index contributed by atoms with van der Waals surface area (Å²) in [7, 11) is 0. The summed E-state index contributed by atoms with van der Waals surface area (Å²) in [5, 5.41) is 4.29. The lowest BCUT2D eigenvalue weighted by molar-refractivity contribution is 0.116. The van der Waals surface area contributed by atoms with Gasteiger partial charge in [-0.05, 0) is 44.0 Å². The van der Waals surface area contributed by atoms with Crippen LogP contribution in [-0.4, -0.2) is 35.6 Å². The number of piperidine rings is 1. The van der Waals surface area contributed by atoms with E-state index in [0.717, 1.165) is 29.7 Å². The van der Waals surface area contributed by atoms with Crippen molar-refractivity contribution in [3.8, 4) is 0 Å². The van der Waals surface area contributed by atoms with Crippen molar-refractivity contribution in [2.75, 3.05) is 19.6 Å². The molecule has 2 saturated heterocycles. The van der Waals surface area contributed by atoms with Gasteiger partial charge in [0.1, 0.15) is 0 Å². The Hall–Kier alpha value is -0.640. The zero-order valence-electron chi connectivity index (χ0n) is 9.90. The van der Waals surface area contributed by atoms with Crippen molar-refractivity contribution in [2.45, 2.75) is 25.4 Å². The normalized spacial score (nSPS) is 29.2. The van der Waals surface area contributed by atoms with Gasteiger partial charge in [-0.1, -0.05) is 11.6 Å². The number of hydrogen-bond acceptors (Lipinski definition) is 3. The van der Waals surface area contributed by atoms with E-state index in [1.165, 1.54) is 25.9 Å². The molecule has 0 saturated carbocycles. The van der Waals surface area contributed by atoms with Crippen molar-refractivity contribution in [3.63, 3.8) is 0 Å². The second-order valence-electron chi connectivity index (χ2n) is 5.06. The Balaban J connectivity index is 1.71. The SMILES string of the molecule is Clc1ccnc(CN2CCCC3CNCC32)c1. The number of aromatic nitrogens is 1. The van der Waals surface area contributed by atoms with Crippen LogP contribution in [0.4, 0.5) is 0 Å². The topological polar surface area (TPSA) is 28.2 Å². The minimum Gasteiger partial charge on any atom is -0.315 e. The van der Waals surface area contributed by atoms with Crippen LogP contribution < -0.4 is 5.32 Å². The lowest BCUT2D eigenvalue weighted by Gasteiger charge is -2.36. The molecule has 2 unspecified atom stereocenters. The first-order valence-corrected chi connectivity index (χ1v) is 6.76. The standard InChI is InChI=1S/C13H18ClN3/c14-11-3-4-16-12(6-11)9-17-5-1-2-10-7-15-8-13(10)17/h3-4,6,10,13,15H,1-2,5,7-9H2. The third-order valence-corrected chi connectivity index (χ3v) is 4.17. The van der Waals surface area contributed by atoms with Gasteiger partial charge in [0.2, 0.25) is 0 Å². The van der Waals surface area contributed by atoms with Crippen molar-refractivity contribution >= 4 is 11.6 Å². The van der Waals surface area contributed by atoms with Gasteiger partial charge in [0.15, 0.2) is 0 Å². The molecule has 3 nitrogen and oxygen atoms in total. The molecule has 1 N–H and O–H groups in total. The fourth-order valence-electron chi connectivity index (χ4n) is 3.10. The molecule has 17 heavy (non-hydrogen) atoms. The molecule has 0 spiro atoms. The highest BCUT2D eigenvalue weighted by Crippen LogP contribution is 2.27. The molecule has 0 bridgehead atoms. The average Bonchev–Trinajstić information content (AvgIpc) is 2.78. The van der Waals surface area contributed by atoms with Gasteiger partial charge in [0, 0.05) is 30.4 Å². The summed E-state index contributed by atoms with van der Waals surface area (Å²) in [5.74, 6) is 0.836. The fraction of sp³-hybridized carbons (Fsp3) is 0.615. The number of likely N-dealkylation sites (tertiary alicyclic amines) is 1. The van der Waals surface area contributed by atoms with Gasteiger partial charge in [-0.15, -0.1) is 0 Å². The molecule has 0 radical (unpaired) electrons. The molecule has 4 heteroatoms. The molecule has 2 aliphatic heterocycles. The van der Waals surface area contributed by atoms with Gasteiger partial charge in [-0.25, -0.2) is 0 Å². The summed E-state index contributed by atoms with van der Waals surface area (Å²) in [6.45, 7) is 4.44. The monoisotopic (exact) mass is 251 g/mol. The molecule has 2 atom stereocenters. The molecular weight excluding hydrogens is 234 g/mol. The second-order valence-corrected chi connectivity index (χ2v) is 5.50. The largest absolute Gasteiger partial charge is 0.315 e. The van der Waals surface area contributed by atoms with Crippen LogP contribution in [0.15, 0.2) is 18.3 Å². The Labute approximate surface area is 107 Å². The van der Waals surface area contributed by atoms with Gasteiger partial charge in [-0.2, -0.15) is 0 Å². The Bertz CT molecular complexity index is 396. The van der Waals surface area contributed by atoms with Crippen molar-refractivity contribution in [1.29, 1.82) is 0 Å². The van der Waals surface area contributed by atoms with E-state index in [-0.39, 0.29) is 0 Å². The Morgan fingerprint density at radius 2 is 2.41 bits per heavy atom. The van der Waals surface area contributed by atoms with E-state index < -0.39 is 0 Å². The Morgan fingerprint density at radius 1 is 1.47 bits per heavy atom.